The van der Waals surface area contributed by atoms with E-state index in [1.54, 1.807) is 25.1 Å². The zero-order valence-corrected chi connectivity index (χ0v) is 28.4. The molecule has 0 bridgehead atoms. The monoisotopic (exact) mass is 687 g/mol. The van der Waals surface area contributed by atoms with Gasteiger partial charge in [0.15, 0.2) is 5.82 Å². The first-order valence-corrected chi connectivity index (χ1v) is 18.5. The Morgan fingerprint density at radius 1 is 1.04 bits per heavy atom. The molecule has 5 atom stereocenters. The van der Waals surface area contributed by atoms with Crippen molar-refractivity contribution in [3.63, 3.8) is 0 Å². The maximum atomic E-state index is 14.2. The highest BCUT2D eigenvalue weighted by molar-refractivity contribution is 7.91. The summed E-state index contributed by atoms with van der Waals surface area (Å²) in [5.74, 6) is -1.79. The lowest BCUT2D eigenvalue weighted by Crippen LogP contribution is -2.54. The average Bonchev–Trinajstić information content (AvgIpc) is 4.02. The van der Waals surface area contributed by atoms with Gasteiger partial charge in [-0.15, -0.1) is 0 Å². The van der Waals surface area contributed by atoms with Crippen LogP contribution in [0.25, 0.3) is 22.3 Å². The second-order valence-corrected chi connectivity index (χ2v) is 15.6. The Morgan fingerprint density at radius 3 is 2.57 bits per heavy atom. The minimum atomic E-state index is -3.82. The number of aromatic nitrogens is 2. The summed E-state index contributed by atoms with van der Waals surface area (Å²) in [6.45, 7) is 0.552. The van der Waals surface area contributed by atoms with E-state index in [1.165, 1.54) is 0 Å². The molecule has 0 spiro atoms. The Labute approximate surface area is 285 Å². The number of carbonyl (C=O) groups excluding carboxylic acids is 3. The Kier molecular flexibility index (Phi) is 8.80. The van der Waals surface area contributed by atoms with Crippen LogP contribution in [0, 0.1) is 17.8 Å². The van der Waals surface area contributed by atoms with Gasteiger partial charge in [0.1, 0.15) is 17.4 Å². The molecule has 2 heterocycles. The van der Waals surface area contributed by atoms with Gasteiger partial charge in [0.2, 0.25) is 27.7 Å². The van der Waals surface area contributed by atoms with E-state index in [2.05, 4.69) is 10.0 Å². The van der Waals surface area contributed by atoms with Crippen LogP contribution in [-0.2, 0) is 24.4 Å². The number of carbonyl (C=O) groups is 3. The van der Waals surface area contributed by atoms with Crippen molar-refractivity contribution in [3.05, 3.63) is 60.7 Å². The predicted molar refractivity (Wildman–Crippen MR) is 182 cm³/mol. The standard InChI is InChI=1S/C36H41N5O7S/c1-41-17-9-4-3-8-12-23-21-36(23,35(44)40-49(45,46)26-14-15-26)39-32(42)28-18-25(19-29(28)34(41)43)48-33-27-16-13-24(47-2)20-30(27)37-31(38-33)22-10-6-5-7-11-22/h5-8,10-13,16,20,23,25-26,28-29H,3-4,9,14-15,17-19,21H2,1-2H3,(H,39,42)(H,40,44)/b12-8-. The molecule has 3 saturated carbocycles. The van der Waals surface area contributed by atoms with E-state index in [1.807, 2.05) is 54.6 Å². The average molecular weight is 688 g/mol. The molecule has 3 amide bonds. The molecule has 5 unspecified atom stereocenters. The Hall–Kier alpha value is -4.52. The van der Waals surface area contributed by atoms with Crippen molar-refractivity contribution in [3.8, 4) is 23.0 Å². The van der Waals surface area contributed by atoms with Gasteiger partial charge in [0, 0.05) is 31.1 Å². The quantitative estimate of drug-likeness (QED) is 0.353. The molecule has 0 saturated heterocycles. The summed E-state index contributed by atoms with van der Waals surface area (Å²) in [5, 5.41) is 3.01. The van der Waals surface area contributed by atoms with Crippen LogP contribution in [0.15, 0.2) is 60.7 Å². The Bertz CT molecular complexity index is 1920. The van der Waals surface area contributed by atoms with Crippen LogP contribution in [0.2, 0.25) is 0 Å². The second kappa shape index (κ2) is 13.1. The zero-order valence-electron chi connectivity index (χ0n) is 27.6. The summed E-state index contributed by atoms with van der Waals surface area (Å²) in [6.07, 6.45) is 7.47. The van der Waals surface area contributed by atoms with Crippen LogP contribution in [0.1, 0.15) is 51.4 Å². The van der Waals surface area contributed by atoms with E-state index in [9.17, 15) is 22.8 Å². The number of benzene rings is 2. The number of ether oxygens (including phenoxy) is 2. The number of allylic oxidation sites excluding steroid dienone is 1. The highest BCUT2D eigenvalue weighted by atomic mass is 32.2. The molecule has 3 aromatic rings. The molecular formula is C36H41N5O7S. The maximum absolute atomic E-state index is 14.2. The van der Waals surface area contributed by atoms with Crippen LogP contribution < -0.4 is 19.5 Å². The number of sulfonamides is 1. The van der Waals surface area contributed by atoms with E-state index in [-0.39, 0.29) is 31.1 Å². The van der Waals surface area contributed by atoms with Crippen LogP contribution in [0.4, 0.5) is 0 Å². The lowest BCUT2D eigenvalue weighted by Gasteiger charge is -2.26. The number of nitrogens with one attached hydrogen (secondary N) is 2. The van der Waals surface area contributed by atoms with E-state index >= 15 is 0 Å². The highest BCUT2D eigenvalue weighted by Crippen LogP contribution is 2.47. The van der Waals surface area contributed by atoms with Crippen molar-refractivity contribution in [2.24, 2.45) is 17.8 Å². The smallest absolute Gasteiger partial charge is 0.259 e. The van der Waals surface area contributed by atoms with Crippen molar-refractivity contribution in [2.45, 2.75) is 68.3 Å². The fraction of sp³-hybridized carbons (Fsp3) is 0.472. The molecule has 2 aromatic carbocycles. The van der Waals surface area contributed by atoms with Crippen molar-refractivity contribution in [2.75, 3.05) is 20.7 Å². The summed E-state index contributed by atoms with van der Waals surface area (Å²) in [7, 11) is -0.492. The van der Waals surface area contributed by atoms with E-state index in [0.717, 1.165) is 24.8 Å². The largest absolute Gasteiger partial charge is 0.497 e. The number of hydrogen-bond donors (Lipinski definition) is 2. The molecule has 49 heavy (non-hydrogen) atoms. The minimum Gasteiger partial charge on any atom is -0.497 e. The fourth-order valence-corrected chi connectivity index (χ4v) is 8.43. The molecule has 12 nitrogen and oxygen atoms in total. The number of nitrogens with zero attached hydrogens (tertiary/aromatic N) is 3. The molecular weight excluding hydrogens is 646 g/mol. The summed E-state index contributed by atoms with van der Waals surface area (Å²) in [6, 6.07) is 15.0. The summed E-state index contributed by atoms with van der Waals surface area (Å²) < 4.78 is 39.7. The van der Waals surface area contributed by atoms with Crippen LogP contribution in [0.3, 0.4) is 0 Å². The van der Waals surface area contributed by atoms with E-state index in [0.29, 0.717) is 47.7 Å². The van der Waals surface area contributed by atoms with Crippen molar-refractivity contribution in [1.29, 1.82) is 0 Å². The molecule has 0 radical (unpaired) electrons. The SMILES string of the molecule is COc1ccc2c(OC3CC4C(=O)NC5(C(=O)NS(=O)(=O)C6CC6)CC5/C=C\CCCCN(C)C(=O)C4C3)nc(-c3ccccc3)nc2c1. The second-order valence-electron chi connectivity index (χ2n) is 13.7. The molecule has 1 aromatic heterocycles. The first-order valence-electron chi connectivity index (χ1n) is 17.0. The topological polar surface area (TPSA) is 157 Å². The van der Waals surface area contributed by atoms with Gasteiger partial charge < -0.3 is 19.7 Å². The molecule has 1 aliphatic heterocycles. The molecule has 4 aliphatic rings. The molecule has 3 aliphatic carbocycles. The third-order valence-electron chi connectivity index (χ3n) is 10.2. The van der Waals surface area contributed by atoms with Crippen LogP contribution in [0.5, 0.6) is 11.6 Å². The first kappa shape index (κ1) is 33.0. The van der Waals surface area contributed by atoms with Crippen LogP contribution in [-0.4, -0.2) is 78.6 Å². The fourth-order valence-electron chi connectivity index (χ4n) is 7.06. The number of methoxy groups -OCH3 is 1. The van der Waals surface area contributed by atoms with Gasteiger partial charge in [-0.05, 0) is 63.5 Å². The molecule has 2 N–H and O–H groups in total. The van der Waals surface area contributed by atoms with Gasteiger partial charge in [0.05, 0.1) is 35.1 Å². The number of amides is 3. The van der Waals surface area contributed by atoms with Gasteiger partial charge in [-0.2, -0.15) is 4.98 Å². The summed E-state index contributed by atoms with van der Waals surface area (Å²) in [5.41, 5.74) is 0.0216. The van der Waals surface area contributed by atoms with Gasteiger partial charge in [-0.25, -0.2) is 13.4 Å². The molecule has 13 heteroatoms. The van der Waals surface area contributed by atoms with Crippen molar-refractivity contribution < 1.29 is 32.3 Å². The third-order valence-corrected chi connectivity index (χ3v) is 12.0. The third kappa shape index (κ3) is 6.72. The van der Waals surface area contributed by atoms with Crippen LogP contribution >= 0.6 is 0 Å². The van der Waals surface area contributed by atoms with Crippen molar-refractivity contribution in [1.82, 2.24) is 24.9 Å². The van der Waals surface area contributed by atoms with Crippen molar-refractivity contribution >= 4 is 38.6 Å². The molecule has 7 rings (SSSR count). The first-order chi connectivity index (χ1) is 23.6. The number of rotatable bonds is 7. The lowest BCUT2D eigenvalue weighted by atomic mass is 9.93. The summed E-state index contributed by atoms with van der Waals surface area (Å²) >= 11 is 0. The van der Waals surface area contributed by atoms with Gasteiger partial charge >= 0.3 is 0 Å². The molecule has 258 valence electrons. The Morgan fingerprint density at radius 2 is 1.82 bits per heavy atom. The van der Waals surface area contributed by atoms with E-state index < -0.39 is 50.6 Å². The normalized spacial score (nSPS) is 28.1. The maximum Gasteiger partial charge on any atom is 0.259 e. The van der Waals surface area contributed by atoms with Gasteiger partial charge in [0.25, 0.3) is 5.91 Å². The van der Waals surface area contributed by atoms with Gasteiger partial charge in [-0.3, -0.25) is 19.1 Å². The van der Waals surface area contributed by atoms with E-state index in [4.69, 9.17) is 19.4 Å². The molecule has 3 fully saturated rings. The van der Waals surface area contributed by atoms with Gasteiger partial charge in [-0.1, -0.05) is 42.5 Å². The minimum absolute atomic E-state index is 0.164. The number of fused-ring (bicyclic) bond motifs is 3. The zero-order chi connectivity index (χ0) is 34.3. The number of hydrogen-bond acceptors (Lipinski definition) is 9. The Balaban J connectivity index is 1.19. The predicted octanol–water partition coefficient (Wildman–Crippen LogP) is 3.76. The summed E-state index contributed by atoms with van der Waals surface area (Å²) in [4.78, 5) is 52.9. The lowest BCUT2D eigenvalue weighted by molar-refractivity contribution is -0.140. The highest BCUT2D eigenvalue weighted by Gasteiger charge is 2.62.